The second-order valence-corrected chi connectivity index (χ2v) is 6.71. The van der Waals surface area contributed by atoms with Crippen molar-refractivity contribution in [3.05, 3.63) is 65.0 Å². The van der Waals surface area contributed by atoms with Gasteiger partial charge >= 0.3 is 0 Å². The Hall–Kier alpha value is -2.20. The molecule has 4 heteroatoms. The predicted molar refractivity (Wildman–Crippen MR) is 94.0 cm³/mol. The molecule has 1 aromatic carbocycles. The van der Waals surface area contributed by atoms with Crippen molar-refractivity contribution in [3.8, 4) is 0 Å². The Labute approximate surface area is 142 Å². The van der Waals surface area contributed by atoms with Crippen LogP contribution in [-0.2, 0) is 12.8 Å². The van der Waals surface area contributed by atoms with Crippen LogP contribution in [0.4, 0.5) is 0 Å². The number of aryl methyl sites for hydroxylation is 2. The van der Waals surface area contributed by atoms with Crippen LogP contribution in [-0.4, -0.2) is 35.4 Å². The van der Waals surface area contributed by atoms with Crippen molar-refractivity contribution in [1.82, 2.24) is 15.2 Å². The Morgan fingerprint density at radius 1 is 1.17 bits per heavy atom. The molecule has 1 aliphatic carbocycles. The zero-order valence-corrected chi connectivity index (χ0v) is 13.9. The third-order valence-electron chi connectivity index (χ3n) is 5.08. The van der Waals surface area contributed by atoms with Gasteiger partial charge in [0.15, 0.2) is 0 Å². The molecular formula is C20H23N3O. The molecule has 1 unspecified atom stereocenters. The number of benzene rings is 1. The molecule has 2 aromatic rings. The Bertz CT molecular complexity index is 729. The van der Waals surface area contributed by atoms with Crippen LogP contribution in [0.1, 0.15) is 46.1 Å². The Balaban J connectivity index is 1.51. The van der Waals surface area contributed by atoms with Crippen molar-refractivity contribution in [2.24, 2.45) is 0 Å². The van der Waals surface area contributed by atoms with Crippen LogP contribution in [0.5, 0.6) is 0 Å². The quantitative estimate of drug-likeness (QED) is 0.925. The lowest BCUT2D eigenvalue weighted by Gasteiger charge is -2.34. The van der Waals surface area contributed by atoms with E-state index in [0.717, 1.165) is 31.5 Å². The molecule has 24 heavy (non-hydrogen) atoms. The van der Waals surface area contributed by atoms with E-state index in [1.165, 1.54) is 29.7 Å². The Morgan fingerprint density at radius 3 is 2.88 bits per heavy atom. The number of amides is 1. The van der Waals surface area contributed by atoms with E-state index in [2.05, 4.69) is 28.5 Å². The maximum absolute atomic E-state index is 12.9. The van der Waals surface area contributed by atoms with Crippen LogP contribution in [0.2, 0.25) is 0 Å². The number of aromatic nitrogens is 1. The SMILES string of the molecule is O=C(c1cnc2c(c1)CCCC2)N1CCNC(c2ccccc2)C1. The zero-order chi connectivity index (χ0) is 16.4. The van der Waals surface area contributed by atoms with Gasteiger partial charge in [0.2, 0.25) is 0 Å². The van der Waals surface area contributed by atoms with Gasteiger partial charge in [-0.3, -0.25) is 9.78 Å². The first-order valence-corrected chi connectivity index (χ1v) is 8.86. The highest BCUT2D eigenvalue weighted by atomic mass is 16.2. The molecule has 1 aliphatic heterocycles. The smallest absolute Gasteiger partial charge is 0.255 e. The van der Waals surface area contributed by atoms with Crippen LogP contribution < -0.4 is 5.32 Å². The summed E-state index contributed by atoms with van der Waals surface area (Å²) in [6.07, 6.45) is 6.29. The first kappa shape index (κ1) is 15.3. The van der Waals surface area contributed by atoms with Gasteiger partial charge in [0.25, 0.3) is 5.91 Å². The van der Waals surface area contributed by atoms with Crippen LogP contribution in [0.15, 0.2) is 42.6 Å². The maximum Gasteiger partial charge on any atom is 0.255 e. The summed E-state index contributed by atoms with van der Waals surface area (Å²) >= 11 is 0. The fraction of sp³-hybridized carbons (Fsp3) is 0.400. The molecule has 0 radical (unpaired) electrons. The molecule has 2 heterocycles. The minimum absolute atomic E-state index is 0.110. The van der Waals surface area contributed by atoms with E-state index < -0.39 is 0 Å². The summed E-state index contributed by atoms with van der Waals surface area (Å²) in [5, 5.41) is 3.51. The molecule has 0 bridgehead atoms. The molecule has 4 nitrogen and oxygen atoms in total. The zero-order valence-electron chi connectivity index (χ0n) is 13.9. The highest BCUT2D eigenvalue weighted by Crippen LogP contribution is 2.22. The van der Waals surface area contributed by atoms with E-state index in [1.807, 2.05) is 23.1 Å². The van der Waals surface area contributed by atoms with Crippen molar-refractivity contribution in [2.75, 3.05) is 19.6 Å². The second-order valence-electron chi connectivity index (χ2n) is 6.71. The largest absolute Gasteiger partial charge is 0.335 e. The number of fused-ring (bicyclic) bond motifs is 1. The number of nitrogens with one attached hydrogen (secondary N) is 1. The van der Waals surface area contributed by atoms with E-state index in [-0.39, 0.29) is 11.9 Å². The number of hydrogen-bond acceptors (Lipinski definition) is 3. The molecule has 0 spiro atoms. The van der Waals surface area contributed by atoms with Gasteiger partial charge in [0.05, 0.1) is 5.56 Å². The first-order chi connectivity index (χ1) is 11.8. The van der Waals surface area contributed by atoms with Gasteiger partial charge in [0.1, 0.15) is 0 Å². The lowest BCUT2D eigenvalue weighted by molar-refractivity contribution is 0.0702. The lowest BCUT2D eigenvalue weighted by Crippen LogP contribution is -2.48. The van der Waals surface area contributed by atoms with E-state index in [0.29, 0.717) is 6.54 Å². The number of carbonyl (C=O) groups excluding carboxylic acids is 1. The van der Waals surface area contributed by atoms with E-state index in [4.69, 9.17) is 0 Å². The summed E-state index contributed by atoms with van der Waals surface area (Å²) in [6.45, 7) is 2.28. The number of rotatable bonds is 2. The standard InChI is InChI=1S/C20H23N3O/c24-20(17-12-16-8-4-5-9-18(16)22-13-17)23-11-10-21-19(14-23)15-6-2-1-3-7-15/h1-3,6-7,12-13,19,21H,4-5,8-11,14H2. The average Bonchev–Trinajstić information content (AvgIpc) is 2.68. The molecule has 1 fully saturated rings. The van der Waals surface area contributed by atoms with Crippen molar-refractivity contribution in [2.45, 2.75) is 31.7 Å². The van der Waals surface area contributed by atoms with Gasteiger partial charge in [0, 0.05) is 37.6 Å². The minimum Gasteiger partial charge on any atom is -0.335 e. The van der Waals surface area contributed by atoms with Crippen LogP contribution in [0.25, 0.3) is 0 Å². The molecule has 2 aliphatic rings. The molecule has 124 valence electrons. The van der Waals surface area contributed by atoms with Gasteiger partial charge in [-0.15, -0.1) is 0 Å². The topological polar surface area (TPSA) is 45.2 Å². The number of piperazine rings is 1. The Morgan fingerprint density at radius 2 is 2.00 bits per heavy atom. The van der Waals surface area contributed by atoms with E-state index in [1.54, 1.807) is 6.20 Å². The Kier molecular flexibility index (Phi) is 4.30. The summed E-state index contributed by atoms with van der Waals surface area (Å²) in [5.74, 6) is 0.110. The summed E-state index contributed by atoms with van der Waals surface area (Å²) in [6, 6.07) is 12.6. The van der Waals surface area contributed by atoms with E-state index in [9.17, 15) is 4.79 Å². The first-order valence-electron chi connectivity index (χ1n) is 8.86. The lowest BCUT2D eigenvalue weighted by atomic mass is 9.95. The molecule has 4 rings (SSSR count). The number of carbonyl (C=O) groups is 1. The number of nitrogens with zero attached hydrogens (tertiary/aromatic N) is 2. The van der Waals surface area contributed by atoms with Crippen molar-refractivity contribution in [1.29, 1.82) is 0 Å². The monoisotopic (exact) mass is 321 g/mol. The van der Waals surface area contributed by atoms with Crippen LogP contribution in [0.3, 0.4) is 0 Å². The van der Waals surface area contributed by atoms with Gasteiger partial charge in [-0.25, -0.2) is 0 Å². The van der Waals surface area contributed by atoms with Gasteiger partial charge < -0.3 is 10.2 Å². The van der Waals surface area contributed by atoms with E-state index >= 15 is 0 Å². The molecule has 1 atom stereocenters. The molecular weight excluding hydrogens is 298 g/mol. The number of pyridine rings is 1. The second kappa shape index (κ2) is 6.73. The molecule has 1 N–H and O–H groups in total. The van der Waals surface area contributed by atoms with Crippen molar-refractivity contribution >= 4 is 5.91 Å². The fourth-order valence-corrected chi connectivity index (χ4v) is 3.73. The van der Waals surface area contributed by atoms with Crippen LogP contribution in [0, 0.1) is 0 Å². The van der Waals surface area contributed by atoms with Crippen molar-refractivity contribution < 1.29 is 4.79 Å². The highest BCUT2D eigenvalue weighted by Gasteiger charge is 2.25. The number of hydrogen-bond donors (Lipinski definition) is 1. The highest BCUT2D eigenvalue weighted by molar-refractivity contribution is 5.94. The summed E-state index contributed by atoms with van der Waals surface area (Å²) in [7, 11) is 0. The third kappa shape index (κ3) is 3.06. The fourth-order valence-electron chi connectivity index (χ4n) is 3.73. The maximum atomic E-state index is 12.9. The summed E-state index contributed by atoms with van der Waals surface area (Å²) < 4.78 is 0. The molecule has 1 saturated heterocycles. The third-order valence-corrected chi connectivity index (χ3v) is 5.08. The van der Waals surface area contributed by atoms with Crippen molar-refractivity contribution in [3.63, 3.8) is 0 Å². The summed E-state index contributed by atoms with van der Waals surface area (Å²) in [4.78, 5) is 19.4. The molecule has 1 amide bonds. The van der Waals surface area contributed by atoms with Gasteiger partial charge in [-0.1, -0.05) is 30.3 Å². The van der Waals surface area contributed by atoms with Crippen LogP contribution >= 0.6 is 0 Å². The van der Waals surface area contributed by atoms with Gasteiger partial charge in [-0.05, 0) is 42.9 Å². The molecule has 1 aromatic heterocycles. The van der Waals surface area contributed by atoms with Gasteiger partial charge in [-0.2, -0.15) is 0 Å². The normalized spacial score (nSPS) is 20.5. The summed E-state index contributed by atoms with van der Waals surface area (Å²) in [5.41, 5.74) is 4.42. The average molecular weight is 321 g/mol. The molecule has 0 saturated carbocycles. The minimum atomic E-state index is 0.110. The predicted octanol–water partition coefficient (Wildman–Crippen LogP) is 2.75.